The van der Waals surface area contributed by atoms with E-state index in [-0.39, 0.29) is 17.0 Å². The van der Waals surface area contributed by atoms with Gasteiger partial charge in [-0.2, -0.15) is 0 Å². The van der Waals surface area contributed by atoms with E-state index in [2.05, 4.69) is 20.9 Å². The van der Waals surface area contributed by atoms with Gasteiger partial charge in [0.15, 0.2) is 0 Å². The Labute approximate surface area is 189 Å². The quantitative estimate of drug-likeness (QED) is 0.560. The maximum Gasteiger partial charge on any atom is 0.242 e. The number of hydrogen-bond donors (Lipinski definition) is 2. The first-order valence-corrected chi connectivity index (χ1v) is 12.3. The van der Waals surface area contributed by atoms with Crippen molar-refractivity contribution in [1.82, 2.24) is 18.6 Å². The highest BCUT2D eigenvalue weighted by atomic mass is 35.5. The molecule has 164 valence electrons. The van der Waals surface area contributed by atoms with E-state index >= 15 is 0 Å². The summed E-state index contributed by atoms with van der Waals surface area (Å²) < 4.78 is 32.9. The predicted molar refractivity (Wildman–Crippen MR) is 124 cm³/mol. The number of amides is 1. The Hall–Kier alpha value is -2.24. The van der Waals surface area contributed by atoms with Crippen LogP contribution in [0, 0.1) is 5.82 Å². The predicted octanol–water partition coefficient (Wildman–Crippen LogP) is 3.46. The molecular formula is C20H21ClFN5O2S2. The van der Waals surface area contributed by atoms with Crippen LogP contribution < -0.4 is 10.0 Å². The minimum Gasteiger partial charge on any atom is -0.340 e. The highest BCUT2D eigenvalue weighted by Crippen LogP contribution is 2.34. The molecule has 1 aliphatic heterocycles. The molecule has 0 aliphatic carbocycles. The molecule has 2 N–H and O–H groups in total. The average Bonchev–Trinajstić information content (AvgIpc) is 3.35. The average molecular weight is 482 g/mol. The highest BCUT2D eigenvalue weighted by molar-refractivity contribution is 7.96. The summed E-state index contributed by atoms with van der Waals surface area (Å²) in [5.74, 6) is 2.87. The molecule has 31 heavy (non-hydrogen) atoms. The molecule has 2 aromatic heterocycles. The number of imidazole rings is 1. The largest absolute Gasteiger partial charge is 0.340 e. The molecule has 0 spiro atoms. The Balaban J connectivity index is 1.57. The lowest BCUT2D eigenvalue weighted by Gasteiger charge is -2.39. The van der Waals surface area contributed by atoms with Gasteiger partial charge < -0.3 is 9.88 Å². The van der Waals surface area contributed by atoms with Crippen LogP contribution in [0.2, 0.25) is 5.02 Å². The fraction of sp³-hybridized carbons (Fsp3) is 0.250. The van der Waals surface area contributed by atoms with Gasteiger partial charge in [-0.25, -0.2) is 22.6 Å². The van der Waals surface area contributed by atoms with Crippen molar-refractivity contribution in [2.75, 3.05) is 12.4 Å². The lowest BCUT2D eigenvalue weighted by molar-refractivity contribution is -0.120. The lowest BCUT2D eigenvalue weighted by atomic mass is 10.0. The topological polar surface area (TPSA) is 79.3 Å². The first-order valence-electron chi connectivity index (χ1n) is 9.34. The molecule has 11 heteroatoms. The minimum absolute atomic E-state index is 0.0871. The number of anilines is 1. The Kier molecular flexibility index (Phi) is 5.93. The standard InChI is InChI=1S/C20H21ClFN5O2S2/c1-26-9-17(23-11-26)12-6-19(30-10-12)16-8-18(27(2)31(3,29)25-16)20(28)24-13-4-5-15(22)14(21)7-13/h4-7,9-11,16,18H,3,8H2,1-2H3,(H,24,28)(H,25,29). The molecule has 4 rings (SSSR count). The summed E-state index contributed by atoms with van der Waals surface area (Å²) in [6.07, 6.45) is 4.03. The van der Waals surface area contributed by atoms with Gasteiger partial charge in [0, 0.05) is 41.8 Å². The summed E-state index contributed by atoms with van der Waals surface area (Å²) >= 11 is 7.32. The third-order valence-corrected chi connectivity index (χ3v) is 8.32. The fourth-order valence-electron chi connectivity index (χ4n) is 3.41. The summed E-state index contributed by atoms with van der Waals surface area (Å²) in [6.45, 7) is 0. The number of aromatic nitrogens is 2. The van der Waals surface area contributed by atoms with Crippen molar-refractivity contribution >= 4 is 50.3 Å². The Morgan fingerprint density at radius 2 is 2.19 bits per heavy atom. The van der Waals surface area contributed by atoms with Crippen LogP contribution in [-0.2, 0) is 21.7 Å². The second-order valence-corrected chi connectivity index (χ2v) is 10.8. The molecule has 3 unspecified atom stereocenters. The Bertz CT molecular complexity index is 1240. The monoisotopic (exact) mass is 481 g/mol. The summed E-state index contributed by atoms with van der Waals surface area (Å²) in [4.78, 5) is 18.3. The van der Waals surface area contributed by atoms with Gasteiger partial charge in [-0.3, -0.25) is 4.79 Å². The molecule has 1 fully saturated rings. The van der Waals surface area contributed by atoms with Crippen molar-refractivity contribution in [2.45, 2.75) is 18.5 Å². The summed E-state index contributed by atoms with van der Waals surface area (Å²) in [6, 6.07) is 4.91. The maximum absolute atomic E-state index is 13.4. The second kappa shape index (κ2) is 8.36. The molecule has 0 bridgehead atoms. The zero-order chi connectivity index (χ0) is 22.3. The van der Waals surface area contributed by atoms with Crippen molar-refractivity contribution in [2.24, 2.45) is 7.05 Å². The molecule has 0 radical (unpaired) electrons. The number of nitrogens with zero attached hydrogens (tertiary/aromatic N) is 3. The van der Waals surface area contributed by atoms with Gasteiger partial charge in [0.2, 0.25) is 5.91 Å². The molecular weight excluding hydrogens is 461 g/mol. The fourth-order valence-corrected chi connectivity index (χ4v) is 6.06. The third-order valence-electron chi connectivity index (χ3n) is 5.14. The van der Waals surface area contributed by atoms with Crippen LogP contribution in [0.15, 0.2) is 42.2 Å². The molecule has 3 heterocycles. The van der Waals surface area contributed by atoms with Crippen LogP contribution in [-0.4, -0.2) is 42.9 Å². The number of likely N-dealkylation sites (N-methyl/N-ethyl adjacent to an activating group) is 1. The normalized spacial score (nSPS) is 24.3. The van der Waals surface area contributed by atoms with Crippen LogP contribution in [0.4, 0.5) is 10.1 Å². The number of benzene rings is 1. The van der Waals surface area contributed by atoms with Crippen molar-refractivity contribution in [3.05, 3.63) is 57.9 Å². The van der Waals surface area contributed by atoms with Gasteiger partial charge in [0.1, 0.15) is 11.9 Å². The van der Waals surface area contributed by atoms with E-state index in [0.29, 0.717) is 12.1 Å². The molecule has 3 atom stereocenters. The number of halogens is 2. The van der Waals surface area contributed by atoms with Gasteiger partial charge in [0.05, 0.1) is 33.0 Å². The molecule has 1 amide bonds. The highest BCUT2D eigenvalue weighted by Gasteiger charge is 2.38. The minimum atomic E-state index is -2.89. The summed E-state index contributed by atoms with van der Waals surface area (Å²) in [7, 11) is 0.604. The first kappa shape index (κ1) is 22.0. The molecule has 1 aliphatic rings. The number of carbonyl (C=O) groups is 1. The molecule has 3 aromatic rings. The van der Waals surface area contributed by atoms with Crippen LogP contribution in [0.5, 0.6) is 0 Å². The Morgan fingerprint density at radius 3 is 2.87 bits per heavy atom. The van der Waals surface area contributed by atoms with Gasteiger partial charge in [0.25, 0.3) is 0 Å². The van der Waals surface area contributed by atoms with Crippen molar-refractivity contribution in [1.29, 1.82) is 0 Å². The van der Waals surface area contributed by atoms with E-state index in [0.717, 1.165) is 16.1 Å². The molecule has 0 saturated carbocycles. The lowest BCUT2D eigenvalue weighted by Crippen LogP contribution is -2.55. The zero-order valence-corrected chi connectivity index (χ0v) is 19.2. The van der Waals surface area contributed by atoms with Crippen molar-refractivity contribution in [3.63, 3.8) is 0 Å². The van der Waals surface area contributed by atoms with E-state index in [4.69, 9.17) is 11.6 Å². The van der Waals surface area contributed by atoms with Crippen LogP contribution in [0.1, 0.15) is 17.3 Å². The summed E-state index contributed by atoms with van der Waals surface area (Å²) in [5.41, 5.74) is 2.17. The number of thiophene rings is 1. The second-order valence-electron chi connectivity index (χ2n) is 7.39. The number of rotatable bonds is 4. The van der Waals surface area contributed by atoms with E-state index in [1.807, 2.05) is 29.3 Å². The van der Waals surface area contributed by atoms with Gasteiger partial charge in [-0.1, -0.05) is 11.6 Å². The van der Waals surface area contributed by atoms with Crippen LogP contribution in [0.3, 0.4) is 0 Å². The van der Waals surface area contributed by atoms with Crippen molar-refractivity contribution in [3.8, 4) is 11.3 Å². The number of nitrogens with one attached hydrogen (secondary N) is 2. The van der Waals surface area contributed by atoms with Gasteiger partial charge in [-0.15, -0.1) is 11.3 Å². The first-order chi connectivity index (χ1) is 14.6. The van der Waals surface area contributed by atoms with Crippen LogP contribution >= 0.6 is 22.9 Å². The summed E-state index contributed by atoms with van der Waals surface area (Å²) in [5, 5.41) is 4.63. The number of hydrogen-bond acceptors (Lipinski definition) is 4. The molecule has 1 saturated heterocycles. The van der Waals surface area contributed by atoms with Gasteiger partial charge >= 0.3 is 0 Å². The van der Waals surface area contributed by atoms with Crippen molar-refractivity contribution < 1.29 is 13.4 Å². The van der Waals surface area contributed by atoms with E-state index < -0.39 is 21.8 Å². The van der Waals surface area contributed by atoms with Crippen LogP contribution in [0.25, 0.3) is 11.3 Å². The van der Waals surface area contributed by atoms with Gasteiger partial charge in [-0.05, 0) is 36.6 Å². The smallest absolute Gasteiger partial charge is 0.242 e. The van der Waals surface area contributed by atoms with E-state index in [1.54, 1.807) is 13.4 Å². The molecule has 7 nitrogen and oxygen atoms in total. The SMILES string of the molecule is C=S1(=O)NC(c2cc(-c3cn(C)cn3)cs2)CC(C(=O)Nc2ccc(F)c(Cl)c2)N1C. The molecule has 1 aromatic carbocycles. The Morgan fingerprint density at radius 1 is 1.42 bits per heavy atom. The number of carbonyl (C=O) groups excluding carboxylic acids is 1. The van der Waals surface area contributed by atoms with E-state index in [9.17, 15) is 13.4 Å². The maximum atomic E-state index is 13.4. The number of aryl methyl sites for hydroxylation is 1. The zero-order valence-electron chi connectivity index (χ0n) is 16.8. The third kappa shape index (κ3) is 4.53. The van der Waals surface area contributed by atoms with E-state index in [1.165, 1.54) is 33.8 Å².